The summed E-state index contributed by atoms with van der Waals surface area (Å²) in [5, 5.41) is 15.4. The predicted molar refractivity (Wildman–Crippen MR) is 257 cm³/mol. The standard InChI is InChI=1S/C58H42N4/c1-36-25-37(2)28-50(27-36)57-60-56(61-58(62-57)51-29-38(3)26-39(4)30-51)49-13-8-10-43(33-49)40-15-17-41(18-16-40)45-21-23-53(52(34-45)35-59)47-12-7-11-44(31-47)46-22-24-55-48(32-46)20-19-42-9-5-6-14-54(42)55/h5-34H,1-4H3. The van der Waals surface area contributed by atoms with Crippen molar-refractivity contribution in [3.05, 3.63) is 210 Å². The lowest BCUT2D eigenvalue weighted by molar-refractivity contribution is 1.07. The van der Waals surface area contributed by atoms with E-state index in [1.165, 1.54) is 21.5 Å². The van der Waals surface area contributed by atoms with Gasteiger partial charge >= 0.3 is 0 Å². The van der Waals surface area contributed by atoms with Crippen LogP contribution in [0.25, 0.3) is 100 Å². The van der Waals surface area contributed by atoms with Gasteiger partial charge in [0.05, 0.1) is 11.6 Å². The fourth-order valence-corrected chi connectivity index (χ4v) is 8.79. The number of aromatic nitrogens is 3. The molecule has 62 heavy (non-hydrogen) atoms. The Labute approximate surface area is 362 Å². The molecule has 1 heterocycles. The first-order valence-corrected chi connectivity index (χ1v) is 21.0. The quantitative estimate of drug-likeness (QED) is 0.151. The highest BCUT2D eigenvalue weighted by atomic mass is 15.0. The van der Waals surface area contributed by atoms with Crippen LogP contribution in [-0.4, -0.2) is 15.0 Å². The molecule has 0 N–H and O–H groups in total. The number of nitriles is 1. The Kier molecular flexibility index (Phi) is 9.79. The lowest BCUT2D eigenvalue weighted by Crippen LogP contribution is -2.01. The highest BCUT2D eigenvalue weighted by molar-refractivity contribution is 6.08. The molecule has 0 amide bonds. The van der Waals surface area contributed by atoms with Gasteiger partial charge in [-0.05, 0) is 142 Å². The van der Waals surface area contributed by atoms with E-state index in [-0.39, 0.29) is 0 Å². The number of benzene rings is 9. The molecule has 0 spiro atoms. The maximum Gasteiger partial charge on any atom is 0.164 e. The summed E-state index contributed by atoms with van der Waals surface area (Å²) in [6, 6.07) is 66.5. The summed E-state index contributed by atoms with van der Waals surface area (Å²) in [6.45, 7) is 8.40. The van der Waals surface area contributed by atoms with E-state index in [1.807, 2.05) is 6.07 Å². The van der Waals surface area contributed by atoms with Crippen LogP contribution in [-0.2, 0) is 0 Å². The van der Waals surface area contributed by atoms with E-state index in [0.29, 0.717) is 23.0 Å². The fourth-order valence-electron chi connectivity index (χ4n) is 8.79. The van der Waals surface area contributed by atoms with Gasteiger partial charge in [0.2, 0.25) is 0 Å². The molecule has 0 bridgehead atoms. The van der Waals surface area contributed by atoms with Crippen LogP contribution in [0.2, 0.25) is 0 Å². The Morgan fingerprint density at radius 1 is 0.323 bits per heavy atom. The van der Waals surface area contributed by atoms with Crippen molar-refractivity contribution >= 4 is 21.5 Å². The van der Waals surface area contributed by atoms with Crippen molar-refractivity contribution in [3.63, 3.8) is 0 Å². The molecule has 10 aromatic rings. The van der Waals surface area contributed by atoms with Gasteiger partial charge in [-0.25, -0.2) is 15.0 Å². The molecule has 1 aromatic heterocycles. The predicted octanol–water partition coefficient (Wildman–Crippen LogP) is 15.0. The minimum atomic E-state index is 0.627. The second kappa shape index (κ2) is 15.9. The molecule has 9 aromatic carbocycles. The summed E-state index contributed by atoms with van der Waals surface area (Å²) in [4.78, 5) is 15.1. The van der Waals surface area contributed by atoms with Crippen LogP contribution < -0.4 is 0 Å². The van der Waals surface area contributed by atoms with E-state index in [0.717, 1.165) is 83.5 Å². The van der Waals surface area contributed by atoms with Gasteiger partial charge in [-0.1, -0.05) is 156 Å². The molecule has 0 aliphatic rings. The summed E-state index contributed by atoms with van der Waals surface area (Å²) < 4.78 is 0. The molecule has 0 atom stereocenters. The van der Waals surface area contributed by atoms with E-state index in [4.69, 9.17) is 15.0 Å². The number of hydrogen-bond acceptors (Lipinski definition) is 4. The molecular weight excluding hydrogens is 753 g/mol. The van der Waals surface area contributed by atoms with Crippen LogP contribution in [0.3, 0.4) is 0 Å². The second-order valence-corrected chi connectivity index (χ2v) is 16.4. The lowest BCUT2D eigenvalue weighted by Gasteiger charge is -2.12. The van der Waals surface area contributed by atoms with Crippen molar-refractivity contribution in [2.24, 2.45) is 0 Å². The van der Waals surface area contributed by atoms with Crippen LogP contribution in [0.4, 0.5) is 0 Å². The molecule has 0 fully saturated rings. The molecule has 0 aliphatic carbocycles. The normalized spacial score (nSPS) is 11.2. The average molecular weight is 795 g/mol. The van der Waals surface area contributed by atoms with Gasteiger partial charge in [0, 0.05) is 16.7 Å². The Morgan fingerprint density at radius 3 is 1.40 bits per heavy atom. The highest BCUT2D eigenvalue weighted by Gasteiger charge is 2.15. The third-order valence-electron chi connectivity index (χ3n) is 11.7. The van der Waals surface area contributed by atoms with Crippen LogP contribution in [0.15, 0.2) is 182 Å². The van der Waals surface area contributed by atoms with E-state index in [9.17, 15) is 5.26 Å². The summed E-state index contributed by atoms with van der Waals surface area (Å²) in [5.41, 5.74) is 16.5. The van der Waals surface area contributed by atoms with E-state index < -0.39 is 0 Å². The Balaban J connectivity index is 0.941. The third-order valence-corrected chi connectivity index (χ3v) is 11.7. The molecule has 10 rings (SSSR count). The molecule has 0 saturated heterocycles. The monoisotopic (exact) mass is 794 g/mol. The van der Waals surface area contributed by atoms with Gasteiger partial charge in [0.25, 0.3) is 0 Å². The fraction of sp³-hybridized carbons (Fsp3) is 0.0690. The second-order valence-electron chi connectivity index (χ2n) is 16.4. The maximum absolute atomic E-state index is 10.4. The van der Waals surface area contributed by atoms with Gasteiger partial charge in [-0.15, -0.1) is 0 Å². The van der Waals surface area contributed by atoms with E-state index >= 15 is 0 Å². The third kappa shape index (κ3) is 7.53. The van der Waals surface area contributed by atoms with Gasteiger partial charge in [-0.2, -0.15) is 5.26 Å². The van der Waals surface area contributed by atoms with Crippen molar-refractivity contribution in [3.8, 4) is 84.7 Å². The zero-order valence-electron chi connectivity index (χ0n) is 35.1. The maximum atomic E-state index is 10.4. The van der Waals surface area contributed by atoms with Gasteiger partial charge < -0.3 is 0 Å². The number of fused-ring (bicyclic) bond motifs is 3. The molecule has 294 valence electrons. The van der Waals surface area contributed by atoms with Crippen LogP contribution >= 0.6 is 0 Å². The summed E-state index contributed by atoms with van der Waals surface area (Å²) in [5.74, 6) is 1.93. The van der Waals surface area contributed by atoms with Crippen molar-refractivity contribution in [1.82, 2.24) is 15.0 Å². The average Bonchev–Trinajstić information content (AvgIpc) is 3.30. The Morgan fingerprint density at radius 2 is 0.774 bits per heavy atom. The Bertz CT molecular complexity index is 3300. The first kappa shape index (κ1) is 38.2. The summed E-state index contributed by atoms with van der Waals surface area (Å²) in [7, 11) is 0. The van der Waals surface area contributed by atoms with Crippen LogP contribution in [0.1, 0.15) is 27.8 Å². The number of hydrogen-bond donors (Lipinski definition) is 0. The Hall–Kier alpha value is -8.00. The minimum Gasteiger partial charge on any atom is -0.208 e. The lowest BCUT2D eigenvalue weighted by atomic mass is 9.92. The number of aryl methyl sites for hydroxylation is 4. The number of rotatable bonds is 7. The van der Waals surface area contributed by atoms with Crippen LogP contribution in [0.5, 0.6) is 0 Å². The molecule has 4 heteroatoms. The van der Waals surface area contributed by atoms with Crippen molar-refractivity contribution in [2.75, 3.05) is 0 Å². The summed E-state index contributed by atoms with van der Waals surface area (Å²) >= 11 is 0. The SMILES string of the molecule is Cc1cc(C)cc(-c2nc(-c3cc(C)cc(C)c3)nc(-c3cccc(-c4ccc(-c5ccc(-c6cccc(-c7ccc8c(ccc9ccccc98)c7)c6)c(C#N)c5)cc4)c3)n2)c1. The molecule has 0 saturated carbocycles. The smallest absolute Gasteiger partial charge is 0.164 e. The van der Waals surface area contributed by atoms with Gasteiger partial charge in [0.15, 0.2) is 17.5 Å². The first-order valence-electron chi connectivity index (χ1n) is 21.0. The topological polar surface area (TPSA) is 62.5 Å². The highest BCUT2D eigenvalue weighted by Crippen LogP contribution is 2.35. The van der Waals surface area contributed by atoms with Crippen molar-refractivity contribution in [2.45, 2.75) is 27.7 Å². The zero-order valence-corrected chi connectivity index (χ0v) is 35.1. The molecule has 0 radical (unpaired) electrons. The molecule has 0 unspecified atom stereocenters. The molecule has 4 nitrogen and oxygen atoms in total. The molecular formula is C58H42N4. The number of nitrogens with zero attached hydrogens (tertiary/aromatic N) is 4. The van der Waals surface area contributed by atoms with Crippen molar-refractivity contribution in [1.29, 1.82) is 5.26 Å². The van der Waals surface area contributed by atoms with Crippen molar-refractivity contribution < 1.29 is 0 Å². The zero-order chi connectivity index (χ0) is 42.3. The largest absolute Gasteiger partial charge is 0.208 e. The van der Waals surface area contributed by atoms with Gasteiger partial charge in [-0.3, -0.25) is 0 Å². The van der Waals surface area contributed by atoms with Gasteiger partial charge in [0.1, 0.15) is 0 Å². The first-order chi connectivity index (χ1) is 30.2. The van der Waals surface area contributed by atoms with Crippen LogP contribution in [0, 0.1) is 39.0 Å². The van der Waals surface area contributed by atoms with E-state index in [1.54, 1.807) is 0 Å². The minimum absolute atomic E-state index is 0.627. The summed E-state index contributed by atoms with van der Waals surface area (Å²) in [6.07, 6.45) is 0. The van der Waals surface area contributed by atoms with E-state index in [2.05, 4.69) is 210 Å². The molecule has 0 aliphatic heterocycles.